The first kappa shape index (κ1) is 16.5. The van der Waals surface area contributed by atoms with Crippen LogP contribution in [0.3, 0.4) is 0 Å². The highest BCUT2D eigenvalue weighted by Gasteiger charge is 2.16. The molecule has 0 saturated heterocycles. The quantitative estimate of drug-likeness (QED) is 0.661. The van der Waals surface area contributed by atoms with E-state index in [1.807, 2.05) is 42.1 Å². The number of hydrogen-bond acceptors (Lipinski definition) is 5. The Labute approximate surface area is 146 Å². The lowest BCUT2D eigenvalue weighted by Crippen LogP contribution is -2.13. The average Bonchev–Trinajstić information content (AvgIpc) is 2.62. The third-order valence-electron chi connectivity index (χ3n) is 4.19. The molecule has 5 heteroatoms. The molecule has 0 amide bonds. The van der Waals surface area contributed by atoms with Gasteiger partial charge in [-0.1, -0.05) is 6.07 Å². The SMILES string of the molecule is CN(c1ccc(O)cc1)c1cccc(N(C)c2ccc(O)cc2)c1O. The maximum absolute atomic E-state index is 10.8. The number of para-hydroxylation sites is 1. The molecule has 5 nitrogen and oxygen atoms in total. The molecular formula is C20H20N2O3. The van der Waals surface area contributed by atoms with Crippen molar-refractivity contribution in [3.63, 3.8) is 0 Å². The van der Waals surface area contributed by atoms with Crippen LogP contribution in [0.1, 0.15) is 0 Å². The lowest BCUT2D eigenvalue weighted by Gasteiger charge is -2.26. The van der Waals surface area contributed by atoms with Crippen LogP contribution in [-0.2, 0) is 0 Å². The first-order chi connectivity index (χ1) is 12.0. The number of anilines is 4. The van der Waals surface area contributed by atoms with E-state index in [1.165, 1.54) is 0 Å². The number of phenolic OH excluding ortho intramolecular Hbond substituents is 3. The molecule has 0 spiro atoms. The molecule has 3 aromatic carbocycles. The average molecular weight is 336 g/mol. The summed E-state index contributed by atoms with van der Waals surface area (Å²) in [5.41, 5.74) is 2.98. The Kier molecular flexibility index (Phi) is 4.39. The molecule has 3 N–H and O–H groups in total. The largest absolute Gasteiger partial charge is 0.508 e. The van der Waals surface area contributed by atoms with Crippen molar-refractivity contribution in [1.82, 2.24) is 0 Å². The summed E-state index contributed by atoms with van der Waals surface area (Å²) in [6.07, 6.45) is 0. The van der Waals surface area contributed by atoms with Gasteiger partial charge in [0.05, 0.1) is 11.4 Å². The first-order valence-corrected chi connectivity index (χ1v) is 7.85. The number of benzene rings is 3. The Bertz CT molecular complexity index is 791. The summed E-state index contributed by atoms with van der Waals surface area (Å²) in [5.74, 6) is 0.540. The minimum atomic E-state index is 0.147. The smallest absolute Gasteiger partial charge is 0.163 e. The van der Waals surface area contributed by atoms with Crippen LogP contribution < -0.4 is 9.80 Å². The first-order valence-electron chi connectivity index (χ1n) is 7.85. The Morgan fingerprint density at radius 1 is 0.560 bits per heavy atom. The minimum Gasteiger partial charge on any atom is -0.508 e. The van der Waals surface area contributed by atoms with Crippen molar-refractivity contribution < 1.29 is 15.3 Å². The van der Waals surface area contributed by atoms with Gasteiger partial charge in [0.25, 0.3) is 0 Å². The molecule has 0 fully saturated rings. The van der Waals surface area contributed by atoms with Crippen molar-refractivity contribution in [2.45, 2.75) is 0 Å². The van der Waals surface area contributed by atoms with Gasteiger partial charge in [0, 0.05) is 25.5 Å². The van der Waals surface area contributed by atoms with Gasteiger partial charge < -0.3 is 25.1 Å². The molecule has 3 rings (SSSR count). The Morgan fingerprint density at radius 3 is 1.28 bits per heavy atom. The fraction of sp³-hybridized carbons (Fsp3) is 0.100. The summed E-state index contributed by atoms with van der Waals surface area (Å²) in [7, 11) is 3.71. The van der Waals surface area contributed by atoms with Gasteiger partial charge in [-0.15, -0.1) is 0 Å². The molecular weight excluding hydrogens is 316 g/mol. The topological polar surface area (TPSA) is 67.2 Å². The lowest BCUT2D eigenvalue weighted by molar-refractivity contribution is 0.475. The van der Waals surface area contributed by atoms with Gasteiger partial charge in [0.15, 0.2) is 5.75 Å². The zero-order chi connectivity index (χ0) is 18.0. The van der Waals surface area contributed by atoms with Crippen LogP contribution in [0.2, 0.25) is 0 Å². The number of hydrogen-bond donors (Lipinski definition) is 3. The molecule has 0 atom stereocenters. The molecule has 0 saturated carbocycles. The molecule has 3 aromatic rings. The minimum absolute atomic E-state index is 0.147. The summed E-state index contributed by atoms with van der Waals surface area (Å²) >= 11 is 0. The molecule has 0 radical (unpaired) electrons. The number of aromatic hydroxyl groups is 3. The van der Waals surface area contributed by atoms with Crippen molar-refractivity contribution in [2.75, 3.05) is 23.9 Å². The van der Waals surface area contributed by atoms with Crippen molar-refractivity contribution >= 4 is 22.7 Å². The number of nitrogens with zero attached hydrogens (tertiary/aromatic N) is 2. The van der Waals surface area contributed by atoms with E-state index in [2.05, 4.69) is 0 Å². The molecule has 0 unspecified atom stereocenters. The fourth-order valence-electron chi connectivity index (χ4n) is 2.69. The standard InChI is InChI=1S/C20H20N2O3/c1-21(14-6-10-16(23)11-7-14)18-4-3-5-19(20(18)25)22(2)15-8-12-17(24)13-9-15/h3-13,23-25H,1-2H3. The molecule has 0 aliphatic rings. The van der Waals surface area contributed by atoms with Crippen LogP contribution in [0.15, 0.2) is 66.7 Å². The Hall–Kier alpha value is -3.34. The van der Waals surface area contributed by atoms with E-state index in [4.69, 9.17) is 0 Å². The van der Waals surface area contributed by atoms with E-state index < -0.39 is 0 Å². The highest BCUT2D eigenvalue weighted by molar-refractivity contribution is 5.79. The lowest BCUT2D eigenvalue weighted by atomic mass is 10.2. The zero-order valence-corrected chi connectivity index (χ0v) is 14.1. The van der Waals surface area contributed by atoms with Crippen LogP contribution in [0.5, 0.6) is 17.2 Å². The van der Waals surface area contributed by atoms with E-state index in [0.717, 1.165) is 11.4 Å². The predicted octanol–water partition coefficient (Wildman–Crippen LogP) is 4.34. The summed E-state index contributed by atoms with van der Waals surface area (Å²) in [6, 6.07) is 19.1. The van der Waals surface area contributed by atoms with E-state index in [0.29, 0.717) is 11.4 Å². The number of rotatable bonds is 4. The van der Waals surface area contributed by atoms with Gasteiger partial charge in [0.2, 0.25) is 0 Å². The summed E-state index contributed by atoms with van der Waals surface area (Å²) in [6.45, 7) is 0. The van der Waals surface area contributed by atoms with Crippen LogP contribution in [0.4, 0.5) is 22.7 Å². The second-order valence-electron chi connectivity index (χ2n) is 5.80. The van der Waals surface area contributed by atoms with E-state index >= 15 is 0 Å². The zero-order valence-electron chi connectivity index (χ0n) is 14.1. The third-order valence-corrected chi connectivity index (χ3v) is 4.19. The molecule has 128 valence electrons. The molecule has 0 aromatic heterocycles. The normalized spacial score (nSPS) is 10.5. The van der Waals surface area contributed by atoms with Crippen molar-refractivity contribution in [3.8, 4) is 17.2 Å². The predicted molar refractivity (Wildman–Crippen MR) is 100 cm³/mol. The second kappa shape index (κ2) is 6.65. The number of phenols is 3. The highest BCUT2D eigenvalue weighted by Crippen LogP contribution is 2.41. The van der Waals surface area contributed by atoms with E-state index in [1.54, 1.807) is 48.5 Å². The Balaban J connectivity index is 1.96. The summed E-state index contributed by atoms with van der Waals surface area (Å²) < 4.78 is 0. The van der Waals surface area contributed by atoms with Gasteiger partial charge in [0.1, 0.15) is 11.5 Å². The second-order valence-corrected chi connectivity index (χ2v) is 5.80. The van der Waals surface area contributed by atoms with Gasteiger partial charge in [-0.2, -0.15) is 0 Å². The molecule has 0 heterocycles. The van der Waals surface area contributed by atoms with Crippen molar-refractivity contribution in [1.29, 1.82) is 0 Å². The molecule has 25 heavy (non-hydrogen) atoms. The fourth-order valence-corrected chi connectivity index (χ4v) is 2.69. The monoisotopic (exact) mass is 336 g/mol. The van der Waals surface area contributed by atoms with Crippen LogP contribution in [-0.4, -0.2) is 29.4 Å². The summed E-state index contributed by atoms with van der Waals surface area (Å²) in [4.78, 5) is 3.70. The van der Waals surface area contributed by atoms with Gasteiger partial charge in [-0.3, -0.25) is 0 Å². The molecule has 0 aliphatic carbocycles. The third kappa shape index (κ3) is 3.30. The highest BCUT2D eigenvalue weighted by atomic mass is 16.3. The van der Waals surface area contributed by atoms with Crippen LogP contribution in [0, 0.1) is 0 Å². The van der Waals surface area contributed by atoms with E-state index in [-0.39, 0.29) is 17.2 Å². The van der Waals surface area contributed by atoms with Crippen LogP contribution in [0.25, 0.3) is 0 Å². The van der Waals surface area contributed by atoms with Gasteiger partial charge >= 0.3 is 0 Å². The Morgan fingerprint density at radius 2 is 0.920 bits per heavy atom. The van der Waals surface area contributed by atoms with Crippen molar-refractivity contribution in [3.05, 3.63) is 66.7 Å². The summed E-state index contributed by atoms with van der Waals surface area (Å²) in [5, 5.41) is 29.6. The van der Waals surface area contributed by atoms with Crippen LogP contribution >= 0.6 is 0 Å². The van der Waals surface area contributed by atoms with Crippen molar-refractivity contribution in [2.24, 2.45) is 0 Å². The molecule has 0 bridgehead atoms. The van der Waals surface area contributed by atoms with Gasteiger partial charge in [-0.05, 0) is 60.7 Å². The maximum Gasteiger partial charge on any atom is 0.163 e. The van der Waals surface area contributed by atoms with Gasteiger partial charge in [-0.25, -0.2) is 0 Å². The van der Waals surface area contributed by atoms with E-state index in [9.17, 15) is 15.3 Å². The maximum atomic E-state index is 10.8. The molecule has 0 aliphatic heterocycles.